The molecule has 1 saturated heterocycles. The minimum absolute atomic E-state index is 0.0525. The monoisotopic (exact) mass is 370 g/mol. The smallest absolute Gasteiger partial charge is 0.321 e. The number of hydrogen-bond donors (Lipinski definition) is 1. The third-order valence-corrected chi connectivity index (χ3v) is 5.06. The molecule has 1 heterocycles. The van der Waals surface area contributed by atoms with Gasteiger partial charge in [-0.05, 0) is 56.0 Å². The lowest BCUT2D eigenvalue weighted by Gasteiger charge is -2.32. The molecule has 1 atom stereocenters. The Labute approximate surface area is 159 Å². The second-order valence-electron chi connectivity index (χ2n) is 6.91. The van der Waals surface area contributed by atoms with Crippen molar-refractivity contribution in [1.82, 2.24) is 4.90 Å². The third kappa shape index (κ3) is 4.25. The number of Topliss-reactive ketones (excluding diaryl/α,β-unsaturated/α-hetero) is 1. The SMILES string of the molecule is Cc1ccc(C)c(NC(=O)N2CCC[C@@H](C(=O)c3cccc(Cl)c3)C2)c1. The first-order valence-electron chi connectivity index (χ1n) is 8.87. The highest BCUT2D eigenvalue weighted by molar-refractivity contribution is 6.31. The van der Waals surface area contributed by atoms with Gasteiger partial charge in [-0.25, -0.2) is 4.79 Å². The van der Waals surface area contributed by atoms with Crippen LogP contribution in [0.15, 0.2) is 42.5 Å². The van der Waals surface area contributed by atoms with E-state index in [2.05, 4.69) is 5.32 Å². The Hall–Kier alpha value is -2.33. The molecule has 0 saturated carbocycles. The summed E-state index contributed by atoms with van der Waals surface area (Å²) in [4.78, 5) is 27.2. The van der Waals surface area contributed by atoms with Crippen LogP contribution in [0, 0.1) is 19.8 Å². The zero-order chi connectivity index (χ0) is 18.7. The number of likely N-dealkylation sites (tertiary alicyclic amines) is 1. The van der Waals surface area contributed by atoms with Crippen molar-refractivity contribution < 1.29 is 9.59 Å². The van der Waals surface area contributed by atoms with Crippen LogP contribution in [-0.2, 0) is 0 Å². The molecule has 136 valence electrons. The lowest BCUT2D eigenvalue weighted by molar-refractivity contribution is 0.0851. The molecule has 5 heteroatoms. The Balaban J connectivity index is 1.68. The molecule has 4 nitrogen and oxygen atoms in total. The van der Waals surface area contributed by atoms with Gasteiger partial charge in [-0.3, -0.25) is 4.79 Å². The van der Waals surface area contributed by atoms with E-state index < -0.39 is 0 Å². The van der Waals surface area contributed by atoms with Crippen LogP contribution in [0.1, 0.15) is 34.3 Å². The fourth-order valence-electron chi connectivity index (χ4n) is 3.32. The van der Waals surface area contributed by atoms with E-state index in [1.54, 1.807) is 29.2 Å². The summed E-state index contributed by atoms with van der Waals surface area (Å²) in [6, 6.07) is 12.8. The number of benzene rings is 2. The van der Waals surface area contributed by atoms with E-state index >= 15 is 0 Å². The van der Waals surface area contributed by atoms with E-state index in [0.717, 1.165) is 29.7 Å². The number of urea groups is 1. The van der Waals surface area contributed by atoms with E-state index in [-0.39, 0.29) is 17.7 Å². The molecule has 26 heavy (non-hydrogen) atoms. The quantitative estimate of drug-likeness (QED) is 0.765. The van der Waals surface area contributed by atoms with Crippen LogP contribution in [-0.4, -0.2) is 29.8 Å². The Kier molecular flexibility index (Phi) is 5.62. The van der Waals surface area contributed by atoms with Crippen LogP contribution >= 0.6 is 11.6 Å². The minimum atomic E-state index is -0.188. The maximum absolute atomic E-state index is 12.8. The number of carbonyl (C=O) groups is 2. The number of nitrogens with zero attached hydrogens (tertiary/aromatic N) is 1. The van der Waals surface area contributed by atoms with E-state index in [1.807, 2.05) is 32.0 Å². The first kappa shape index (κ1) is 18.5. The standard InChI is InChI=1S/C21H23ClN2O2/c1-14-8-9-15(2)19(11-14)23-21(26)24-10-4-6-17(13-24)20(25)16-5-3-7-18(22)12-16/h3,5,7-9,11-12,17H,4,6,10,13H2,1-2H3,(H,23,26)/t17-/m1/s1. The van der Waals surface area contributed by atoms with Gasteiger partial charge in [-0.1, -0.05) is 35.9 Å². The minimum Gasteiger partial charge on any atom is -0.324 e. The van der Waals surface area contributed by atoms with Gasteiger partial charge in [0.2, 0.25) is 0 Å². The number of ketones is 1. The first-order valence-corrected chi connectivity index (χ1v) is 9.25. The average molecular weight is 371 g/mol. The molecule has 2 aromatic carbocycles. The predicted molar refractivity (Wildman–Crippen MR) is 105 cm³/mol. The fraction of sp³-hybridized carbons (Fsp3) is 0.333. The summed E-state index contributed by atoms with van der Waals surface area (Å²) >= 11 is 6.00. The number of hydrogen-bond acceptors (Lipinski definition) is 2. The van der Waals surface area contributed by atoms with Crippen molar-refractivity contribution in [2.45, 2.75) is 26.7 Å². The zero-order valence-corrected chi connectivity index (χ0v) is 15.8. The Morgan fingerprint density at radius 3 is 2.73 bits per heavy atom. The molecule has 0 aromatic heterocycles. The molecule has 1 N–H and O–H groups in total. The summed E-state index contributed by atoms with van der Waals surface area (Å²) in [5.74, 6) is -0.136. The van der Waals surface area contributed by atoms with Crippen LogP contribution in [0.25, 0.3) is 0 Å². The van der Waals surface area contributed by atoms with Crippen molar-refractivity contribution >= 4 is 29.1 Å². The Morgan fingerprint density at radius 2 is 1.96 bits per heavy atom. The number of carbonyl (C=O) groups excluding carboxylic acids is 2. The highest BCUT2D eigenvalue weighted by Crippen LogP contribution is 2.24. The lowest BCUT2D eigenvalue weighted by atomic mass is 9.90. The maximum atomic E-state index is 12.8. The van der Waals surface area contributed by atoms with E-state index in [4.69, 9.17) is 11.6 Å². The van der Waals surface area contributed by atoms with Gasteiger partial charge in [0.15, 0.2) is 5.78 Å². The molecule has 0 aliphatic carbocycles. The maximum Gasteiger partial charge on any atom is 0.321 e. The number of anilines is 1. The third-order valence-electron chi connectivity index (χ3n) is 4.82. The number of rotatable bonds is 3. The highest BCUT2D eigenvalue weighted by atomic mass is 35.5. The van der Waals surface area contributed by atoms with Crippen molar-refractivity contribution in [2.75, 3.05) is 18.4 Å². The summed E-state index contributed by atoms with van der Waals surface area (Å²) in [6.07, 6.45) is 1.61. The summed E-state index contributed by atoms with van der Waals surface area (Å²) in [5.41, 5.74) is 3.55. The van der Waals surface area contributed by atoms with Crippen LogP contribution in [0.4, 0.5) is 10.5 Å². The van der Waals surface area contributed by atoms with Crippen molar-refractivity contribution in [3.8, 4) is 0 Å². The van der Waals surface area contributed by atoms with Gasteiger partial charge in [0.05, 0.1) is 0 Å². The molecular formula is C21H23ClN2O2. The molecule has 1 aliphatic rings. The van der Waals surface area contributed by atoms with Crippen LogP contribution in [0.5, 0.6) is 0 Å². The van der Waals surface area contributed by atoms with Gasteiger partial charge in [-0.15, -0.1) is 0 Å². The van der Waals surface area contributed by atoms with E-state index in [0.29, 0.717) is 23.7 Å². The van der Waals surface area contributed by atoms with Crippen molar-refractivity contribution in [1.29, 1.82) is 0 Å². The van der Waals surface area contributed by atoms with Crippen LogP contribution in [0.3, 0.4) is 0 Å². The van der Waals surface area contributed by atoms with Gasteiger partial charge >= 0.3 is 6.03 Å². The predicted octanol–water partition coefficient (Wildman–Crippen LogP) is 5.08. The molecule has 0 bridgehead atoms. The van der Waals surface area contributed by atoms with E-state index in [1.165, 1.54) is 0 Å². The molecule has 3 rings (SSSR count). The molecule has 2 amide bonds. The number of aryl methyl sites for hydroxylation is 2. The molecule has 2 aromatic rings. The normalized spacial score (nSPS) is 17.0. The van der Waals surface area contributed by atoms with Gasteiger partial charge < -0.3 is 10.2 Å². The van der Waals surface area contributed by atoms with Crippen LogP contribution in [0.2, 0.25) is 5.02 Å². The van der Waals surface area contributed by atoms with Crippen molar-refractivity contribution in [3.63, 3.8) is 0 Å². The molecule has 0 spiro atoms. The first-order chi connectivity index (χ1) is 12.4. The number of nitrogens with one attached hydrogen (secondary N) is 1. The van der Waals surface area contributed by atoms with E-state index in [9.17, 15) is 9.59 Å². The number of amides is 2. The van der Waals surface area contributed by atoms with Gasteiger partial charge in [0.25, 0.3) is 0 Å². The second kappa shape index (κ2) is 7.92. The highest BCUT2D eigenvalue weighted by Gasteiger charge is 2.29. The molecule has 0 radical (unpaired) electrons. The molecule has 1 aliphatic heterocycles. The topological polar surface area (TPSA) is 49.4 Å². The summed E-state index contributed by atoms with van der Waals surface area (Å²) in [7, 11) is 0. The number of piperidine rings is 1. The lowest BCUT2D eigenvalue weighted by Crippen LogP contribution is -2.44. The largest absolute Gasteiger partial charge is 0.324 e. The summed E-state index contributed by atoms with van der Waals surface area (Å²) in [6.45, 7) is 5.06. The van der Waals surface area contributed by atoms with Crippen molar-refractivity contribution in [3.05, 3.63) is 64.2 Å². The zero-order valence-electron chi connectivity index (χ0n) is 15.1. The summed E-state index contributed by atoms with van der Waals surface area (Å²) in [5, 5.41) is 3.54. The van der Waals surface area contributed by atoms with Crippen molar-refractivity contribution in [2.24, 2.45) is 5.92 Å². The molecule has 0 unspecified atom stereocenters. The Bertz CT molecular complexity index is 835. The van der Waals surface area contributed by atoms with Crippen LogP contribution < -0.4 is 5.32 Å². The fourth-order valence-corrected chi connectivity index (χ4v) is 3.51. The van der Waals surface area contributed by atoms with Gasteiger partial charge in [-0.2, -0.15) is 0 Å². The second-order valence-corrected chi connectivity index (χ2v) is 7.34. The molecular weight excluding hydrogens is 348 g/mol. The average Bonchev–Trinajstić information content (AvgIpc) is 2.64. The summed E-state index contributed by atoms with van der Waals surface area (Å²) < 4.78 is 0. The van der Waals surface area contributed by atoms with Gasteiger partial charge in [0, 0.05) is 35.3 Å². The molecule has 1 fully saturated rings. The number of halogens is 1. The van der Waals surface area contributed by atoms with Gasteiger partial charge in [0.1, 0.15) is 0 Å². The Morgan fingerprint density at radius 1 is 1.15 bits per heavy atom.